The van der Waals surface area contributed by atoms with Gasteiger partial charge >= 0.3 is 12.1 Å². The van der Waals surface area contributed by atoms with E-state index in [1.807, 2.05) is 6.07 Å². The highest BCUT2D eigenvalue weighted by molar-refractivity contribution is 5.91. The van der Waals surface area contributed by atoms with Crippen molar-refractivity contribution in [3.63, 3.8) is 0 Å². The SMILES string of the molecule is O=C(O)[C@H](CCOCCCCc1ccc2c(n1)NCCC2)NC(=O)C1(n2ccnc2C(F)(F)F)CC1. The summed E-state index contributed by atoms with van der Waals surface area (Å²) in [5.74, 6) is -2.23. The Kier molecular flexibility index (Phi) is 7.82. The van der Waals surface area contributed by atoms with E-state index in [9.17, 15) is 27.9 Å². The number of amides is 1. The molecule has 0 radical (unpaired) electrons. The molecule has 0 bridgehead atoms. The van der Waals surface area contributed by atoms with Crippen LogP contribution in [0.1, 0.15) is 55.6 Å². The first-order chi connectivity index (χ1) is 17.2. The number of aromatic nitrogens is 3. The lowest BCUT2D eigenvalue weighted by Gasteiger charge is -2.23. The van der Waals surface area contributed by atoms with Crippen molar-refractivity contribution in [3.8, 4) is 0 Å². The number of hydrogen-bond acceptors (Lipinski definition) is 6. The summed E-state index contributed by atoms with van der Waals surface area (Å²) < 4.78 is 46.0. The molecule has 0 spiro atoms. The van der Waals surface area contributed by atoms with E-state index in [0.29, 0.717) is 6.61 Å². The van der Waals surface area contributed by atoms with Crippen LogP contribution in [0.15, 0.2) is 24.5 Å². The molecule has 1 saturated carbocycles. The fourth-order valence-corrected chi connectivity index (χ4v) is 4.43. The van der Waals surface area contributed by atoms with Gasteiger partial charge in [-0.25, -0.2) is 14.8 Å². The van der Waals surface area contributed by atoms with Gasteiger partial charge in [-0.3, -0.25) is 4.79 Å². The number of nitrogens with one attached hydrogen (secondary N) is 2. The first-order valence-corrected chi connectivity index (χ1v) is 12.2. The van der Waals surface area contributed by atoms with Crippen molar-refractivity contribution in [2.24, 2.45) is 0 Å². The molecule has 0 unspecified atom stereocenters. The Balaban J connectivity index is 1.19. The van der Waals surface area contributed by atoms with E-state index in [4.69, 9.17) is 4.74 Å². The summed E-state index contributed by atoms with van der Waals surface area (Å²) in [5.41, 5.74) is 0.792. The van der Waals surface area contributed by atoms with Crippen LogP contribution in [-0.4, -0.2) is 57.3 Å². The van der Waals surface area contributed by atoms with E-state index in [1.165, 1.54) is 5.56 Å². The largest absolute Gasteiger partial charge is 0.480 e. The number of alkyl halides is 3. The number of halogens is 3. The van der Waals surface area contributed by atoms with Crippen molar-refractivity contribution >= 4 is 17.7 Å². The Labute approximate surface area is 206 Å². The summed E-state index contributed by atoms with van der Waals surface area (Å²) in [6.45, 7) is 1.47. The number of imidazole rings is 1. The summed E-state index contributed by atoms with van der Waals surface area (Å²) >= 11 is 0. The number of unbranched alkanes of at least 4 members (excludes halogenated alkanes) is 1. The summed E-state index contributed by atoms with van der Waals surface area (Å²) in [4.78, 5) is 32.4. The van der Waals surface area contributed by atoms with Crippen LogP contribution < -0.4 is 10.6 Å². The third-order valence-electron chi connectivity index (χ3n) is 6.58. The standard InChI is InChI=1S/C24H30F3N5O4/c25-24(26,27)21-29-12-13-32(21)23(9-10-23)22(35)31-18(20(33)34)8-15-36-14-2-1-5-17-7-6-16-4-3-11-28-19(16)30-17/h6-7,12-13,18H,1-5,8-11,14-15H2,(H,28,30)(H,31,35)(H,33,34)/t18-/m0/s1. The summed E-state index contributed by atoms with van der Waals surface area (Å²) in [5, 5.41) is 15.2. The zero-order valence-corrected chi connectivity index (χ0v) is 19.8. The van der Waals surface area contributed by atoms with Crippen LogP contribution in [0.3, 0.4) is 0 Å². The highest BCUT2D eigenvalue weighted by Crippen LogP contribution is 2.46. The average molecular weight is 510 g/mol. The maximum absolute atomic E-state index is 13.2. The fourth-order valence-electron chi connectivity index (χ4n) is 4.43. The maximum atomic E-state index is 13.2. The van der Waals surface area contributed by atoms with Crippen molar-refractivity contribution in [1.29, 1.82) is 0 Å². The zero-order chi connectivity index (χ0) is 25.8. The average Bonchev–Trinajstić information content (AvgIpc) is 3.49. The number of fused-ring (bicyclic) bond motifs is 1. The van der Waals surface area contributed by atoms with Crippen LogP contribution >= 0.6 is 0 Å². The minimum atomic E-state index is -4.72. The van der Waals surface area contributed by atoms with Gasteiger partial charge in [0.1, 0.15) is 17.4 Å². The molecule has 4 rings (SSSR count). The number of carbonyl (C=O) groups excluding carboxylic acids is 1. The Morgan fingerprint density at radius 2 is 2.06 bits per heavy atom. The Bertz CT molecular complexity index is 1080. The van der Waals surface area contributed by atoms with Crippen LogP contribution in [0.5, 0.6) is 0 Å². The minimum absolute atomic E-state index is 0.00522. The number of carboxylic acids is 1. The molecule has 1 aliphatic carbocycles. The lowest BCUT2D eigenvalue weighted by atomic mass is 10.1. The van der Waals surface area contributed by atoms with Crippen molar-refractivity contribution in [1.82, 2.24) is 19.9 Å². The number of hydrogen-bond donors (Lipinski definition) is 3. The third kappa shape index (κ3) is 5.97. The van der Waals surface area contributed by atoms with Gasteiger partial charge in [-0.15, -0.1) is 0 Å². The summed E-state index contributed by atoms with van der Waals surface area (Å²) in [6.07, 6.45) is 2.32. The minimum Gasteiger partial charge on any atom is -0.480 e. The van der Waals surface area contributed by atoms with E-state index in [0.717, 1.165) is 67.1 Å². The topological polar surface area (TPSA) is 118 Å². The second-order valence-electron chi connectivity index (χ2n) is 9.21. The molecule has 1 atom stereocenters. The van der Waals surface area contributed by atoms with Gasteiger partial charge in [0.2, 0.25) is 11.7 Å². The third-order valence-corrected chi connectivity index (χ3v) is 6.58. The molecule has 2 aromatic heterocycles. The van der Waals surface area contributed by atoms with Gasteiger partial charge in [-0.05, 0) is 56.6 Å². The molecular weight excluding hydrogens is 479 g/mol. The van der Waals surface area contributed by atoms with Crippen LogP contribution in [-0.2, 0) is 38.9 Å². The zero-order valence-electron chi connectivity index (χ0n) is 19.8. The smallest absolute Gasteiger partial charge is 0.449 e. The Morgan fingerprint density at radius 1 is 1.25 bits per heavy atom. The molecule has 1 aliphatic heterocycles. The molecule has 2 aromatic rings. The Hall–Kier alpha value is -3.15. The number of ether oxygens (including phenoxy) is 1. The number of carboxylic acid groups (broad SMARTS) is 1. The predicted octanol–water partition coefficient (Wildman–Crippen LogP) is 3.14. The van der Waals surface area contributed by atoms with Crippen molar-refractivity contribution < 1.29 is 32.6 Å². The van der Waals surface area contributed by atoms with Crippen LogP contribution in [0, 0.1) is 0 Å². The van der Waals surface area contributed by atoms with Crippen LogP contribution in [0.2, 0.25) is 0 Å². The van der Waals surface area contributed by atoms with Gasteiger partial charge in [0.15, 0.2) is 0 Å². The van der Waals surface area contributed by atoms with Crippen LogP contribution in [0.25, 0.3) is 0 Å². The molecule has 3 N–H and O–H groups in total. The first-order valence-electron chi connectivity index (χ1n) is 12.2. The molecule has 3 heterocycles. The molecule has 0 aromatic carbocycles. The lowest BCUT2D eigenvalue weighted by molar-refractivity contribution is -0.150. The molecule has 12 heteroatoms. The summed E-state index contributed by atoms with van der Waals surface area (Å²) in [6, 6.07) is 2.89. The maximum Gasteiger partial charge on any atom is 0.449 e. The van der Waals surface area contributed by atoms with Gasteiger partial charge in [0.05, 0.1) is 0 Å². The lowest BCUT2D eigenvalue weighted by Crippen LogP contribution is -2.48. The first kappa shape index (κ1) is 25.9. The Morgan fingerprint density at radius 3 is 2.78 bits per heavy atom. The highest BCUT2D eigenvalue weighted by Gasteiger charge is 2.55. The number of pyridine rings is 1. The van der Waals surface area contributed by atoms with Crippen molar-refractivity contribution in [2.45, 2.75) is 69.1 Å². The van der Waals surface area contributed by atoms with E-state index in [1.54, 1.807) is 0 Å². The molecule has 1 amide bonds. The molecule has 196 valence electrons. The van der Waals surface area contributed by atoms with Crippen LogP contribution in [0.4, 0.5) is 19.0 Å². The van der Waals surface area contributed by atoms with Gasteiger partial charge in [0.25, 0.3) is 0 Å². The number of rotatable bonds is 12. The van der Waals surface area contributed by atoms with E-state index in [-0.39, 0.29) is 25.9 Å². The monoisotopic (exact) mass is 509 g/mol. The number of aliphatic carboxylic acids is 1. The van der Waals surface area contributed by atoms with Gasteiger partial charge in [-0.2, -0.15) is 13.2 Å². The predicted molar refractivity (Wildman–Crippen MR) is 123 cm³/mol. The number of nitrogens with zero attached hydrogens (tertiary/aromatic N) is 3. The fraction of sp³-hybridized carbons (Fsp3) is 0.583. The van der Waals surface area contributed by atoms with Crippen molar-refractivity contribution in [3.05, 3.63) is 41.6 Å². The van der Waals surface area contributed by atoms with Gasteiger partial charge in [-0.1, -0.05) is 6.07 Å². The quantitative estimate of drug-likeness (QED) is 0.376. The number of carbonyl (C=O) groups is 2. The molecule has 0 saturated heterocycles. The van der Waals surface area contributed by atoms with Crippen molar-refractivity contribution in [2.75, 3.05) is 25.1 Å². The van der Waals surface area contributed by atoms with E-state index in [2.05, 4.69) is 26.7 Å². The molecule has 2 aliphatic rings. The van der Waals surface area contributed by atoms with E-state index >= 15 is 0 Å². The highest BCUT2D eigenvalue weighted by atomic mass is 19.4. The summed E-state index contributed by atoms with van der Waals surface area (Å²) in [7, 11) is 0. The van der Waals surface area contributed by atoms with E-state index < -0.39 is 35.5 Å². The second kappa shape index (κ2) is 10.9. The van der Waals surface area contributed by atoms with Gasteiger partial charge < -0.3 is 25.0 Å². The second-order valence-corrected chi connectivity index (χ2v) is 9.21. The normalized spacial score (nSPS) is 17.1. The number of anilines is 1. The van der Waals surface area contributed by atoms with Gasteiger partial charge in [0, 0.05) is 44.3 Å². The molecular formula is C24H30F3N5O4. The molecule has 9 nitrogen and oxygen atoms in total. The number of aryl methyl sites for hydroxylation is 2. The molecule has 36 heavy (non-hydrogen) atoms. The molecule has 1 fully saturated rings.